The summed E-state index contributed by atoms with van der Waals surface area (Å²) >= 11 is 0. The van der Waals surface area contributed by atoms with Crippen molar-refractivity contribution in [2.24, 2.45) is 0 Å². The minimum Gasteiger partial charge on any atom is -0.465 e. The van der Waals surface area contributed by atoms with Crippen LogP contribution in [0.3, 0.4) is 0 Å². The molecule has 0 spiro atoms. The van der Waals surface area contributed by atoms with Crippen molar-refractivity contribution in [3.05, 3.63) is 65.9 Å². The zero-order valence-corrected chi connectivity index (χ0v) is 13.7. The molecule has 0 radical (unpaired) electrons. The Morgan fingerprint density at radius 2 is 1.83 bits per heavy atom. The standard InChI is InChI=1S/C18H16N2O2.ClH/c1-12-10-17(20-14-6-4-3-5-7-14)15-11-13(18(21)22-2)8-9-16(15)19-12;/h3-11H,1-2H3,(H,19,20);1H. The average molecular weight is 329 g/mol. The van der Waals surface area contributed by atoms with Crippen LogP contribution < -0.4 is 5.32 Å². The molecule has 2 aromatic carbocycles. The fourth-order valence-corrected chi connectivity index (χ4v) is 2.38. The van der Waals surface area contributed by atoms with Crippen LogP contribution in [-0.4, -0.2) is 18.1 Å². The molecule has 1 heterocycles. The second-order valence-electron chi connectivity index (χ2n) is 5.03. The third kappa shape index (κ3) is 3.60. The van der Waals surface area contributed by atoms with E-state index in [1.807, 2.05) is 49.4 Å². The first kappa shape index (κ1) is 16.8. The summed E-state index contributed by atoms with van der Waals surface area (Å²) in [6.45, 7) is 1.95. The molecule has 1 aromatic heterocycles. The van der Waals surface area contributed by atoms with E-state index in [0.29, 0.717) is 5.56 Å². The highest BCUT2D eigenvalue weighted by molar-refractivity contribution is 5.99. The number of ether oxygens (including phenoxy) is 1. The van der Waals surface area contributed by atoms with E-state index in [0.717, 1.165) is 28.0 Å². The van der Waals surface area contributed by atoms with Gasteiger partial charge in [-0.2, -0.15) is 0 Å². The first-order valence-electron chi connectivity index (χ1n) is 6.99. The van der Waals surface area contributed by atoms with Gasteiger partial charge in [0, 0.05) is 22.5 Å². The van der Waals surface area contributed by atoms with Crippen LogP contribution in [0.5, 0.6) is 0 Å². The van der Waals surface area contributed by atoms with Gasteiger partial charge in [-0.15, -0.1) is 12.4 Å². The lowest BCUT2D eigenvalue weighted by Gasteiger charge is -2.11. The van der Waals surface area contributed by atoms with Crippen LogP contribution in [0.15, 0.2) is 54.6 Å². The Morgan fingerprint density at radius 1 is 1.09 bits per heavy atom. The minimum absolute atomic E-state index is 0. The van der Waals surface area contributed by atoms with Gasteiger partial charge in [-0.3, -0.25) is 4.98 Å². The van der Waals surface area contributed by atoms with Crippen LogP contribution in [0.4, 0.5) is 11.4 Å². The number of pyridine rings is 1. The van der Waals surface area contributed by atoms with Gasteiger partial charge in [-0.05, 0) is 43.3 Å². The Kier molecular flexibility index (Phi) is 5.19. The van der Waals surface area contributed by atoms with Gasteiger partial charge in [0.25, 0.3) is 0 Å². The number of aromatic nitrogens is 1. The van der Waals surface area contributed by atoms with Crippen LogP contribution in [-0.2, 0) is 4.74 Å². The number of carbonyl (C=O) groups is 1. The van der Waals surface area contributed by atoms with Gasteiger partial charge >= 0.3 is 5.97 Å². The lowest BCUT2D eigenvalue weighted by molar-refractivity contribution is 0.0601. The third-order valence-electron chi connectivity index (χ3n) is 3.41. The van der Waals surface area contributed by atoms with E-state index in [2.05, 4.69) is 10.3 Å². The first-order valence-corrected chi connectivity index (χ1v) is 6.99. The third-order valence-corrected chi connectivity index (χ3v) is 3.41. The fraction of sp³-hybridized carbons (Fsp3) is 0.111. The molecule has 5 heteroatoms. The number of anilines is 2. The van der Waals surface area contributed by atoms with Crippen molar-refractivity contribution in [2.45, 2.75) is 6.92 Å². The van der Waals surface area contributed by atoms with Crippen molar-refractivity contribution in [3.8, 4) is 0 Å². The highest BCUT2D eigenvalue weighted by atomic mass is 35.5. The average Bonchev–Trinajstić information content (AvgIpc) is 2.54. The molecule has 118 valence electrons. The smallest absolute Gasteiger partial charge is 0.337 e. The van der Waals surface area contributed by atoms with Gasteiger partial charge in [-0.25, -0.2) is 4.79 Å². The van der Waals surface area contributed by atoms with Crippen molar-refractivity contribution >= 4 is 40.7 Å². The number of esters is 1. The summed E-state index contributed by atoms with van der Waals surface area (Å²) in [5, 5.41) is 4.27. The number of hydrogen-bond donors (Lipinski definition) is 1. The number of hydrogen-bond acceptors (Lipinski definition) is 4. The fourth-order valence-electron chi connectivity index (χ4n) is 2.38. The van der Waals surface area contributed by atoms with E-state index >= 15 is 0 Å². The van der Waals surface area contributed by atoms with Crippen molar-refractivity contribution in [3.63, 3.8) is 0 Å². The molecule has 0 aliphatic rings. The molecule has 0 saturated heterocycles. The summed E-state index contributed by atoms with van der Waals surface area (Å²) < 4.78 is 4.79. The second-order valence-corrected chi connectivity index (χ2v) is 5.03. The Balaban J connectivity index is 0.00000192. The SMILES string of the molecule is COC(=O)c1ccc2nc(C)cc(Nc3ccccc3)c2c1.Cl. The largest absolute Gasteiger partial charge is 0.465 e. The van der Waals surface area contributed by atoms with E-state index in [9.17, 15) is 4.79 Å². The molecule has 23 heavy (non-hydrogen) atoms. The Labute approximate surface area is 140 Å². The first-order chi connectivity index (χ1) is 10.7. The highest BCUT2D eigenvalue weighted by Crippen LogP contribution is 2.27. The molecule has 1 N–H and O–H groups in total. The van der Waals surface area contributed by atoms with Gasteiger partial charge in [0.2, 0.25) is 0 Å². The zero-order valence-electron chi connectivity index (χ0n) is 12.9. The van der Waals surface area contributed by atoms with Crippen molar-refractivity contribution in [2.75, 3.05) is 12.4 Å². The maximum Gasteiger partial charge on any atom is 0.337 e. The van der Waals surface area contributed by atoms with Crippen molar-refractivity contribution in [1.82, 2.24) is 4.98 Å². The van der Waals surface area contributed by atoms with Crippen molar-refractivity contribution < 1.29 is 9.53 Å². The molecule has 3 rings (SSSR count). The molecule has 0 saturated carbocycles. The van der Waals surface area contributed by atoms with E-state index in [1.54, 1.807) is 12.1 Å². The van der Waals surface area contributed by atoms with Gasteiger partial charge in [-0.1, -0.05) is 18.2 Å². The molecule has 0 unspecified atom stereocenters. The second kappa shape index (κ2) is 7.11. The van der Waals surface area contributed by atoms with Crippen LogP contribution in [0.2, 0.25) is 0 Å². The van der Waals surface area contributed by atoms with E-state index < -0.39 is 0 Å². The Bertz CT molecular complexity index is 835. The van der Waals surface area contributed by atoms with Crippen LogP contribution >= 0.6 is 12.4 Å². The normalized spacial score (nSPS) is 10.0. The predicted octanol–water partition coefficient (Wildman–Crippen LogP) is 4.50. The lowest BCUT2D eigenvalue weighted by Crippen LogP contribution is -2.02. The summed E-state index contributed by atoms with van der Waals surface area (Å²) in [6, 6.07) is 17.2. The molecule has 0 aliphatic heterocycles. The monoisotopic (exact) mass is 328 g/mol. The number of methoxy groups -OCH3 is 1. The lowest BCUT2D eigenvalue weighted by atomic mass is 10.1. The molecule has 4 nitrogen and oxygen atoms in total. The summed E-state index contributed by atoms with van der Waals surface area (Å²) in [6.07, 6.45) is 0. The van der Waals surface area contributed by atoms with Gasteiger partial charge < -0.3 is 10.1 Å². The molecule has 0 atom stereocenters. The van der Waals surface area contributed by atoms with Crippen LogP contribution in [0, 0.1) is 6.92 Å². The maximum atomic E-state index is 11.7. The van der Waals surface area contributed by atoms with Gasteiger partial charge in [0.15, 0.2) is 0 Å². The molecule has 0 bridgehead atoms. The number of halogens is 1. The summed E-state index contributed by atoms with van der Waals surface area (Å²) in [5.41, 5.74) is 4.16. The van der Waals surface area contributed by atoms with E-state index in [1.165, 1.54) is 7.11 Å². The number of nitrogens with zero attached hydrogens (tertiary/aromatic N) is 1. The van der Waals surface area contributed by atoms with Crippen molar-refractivity contribution in [1.29, 1.82) is 0 Å². The Hall–Kier alpha value is -2.59. The number of aryl methyl sites for hydroxylation is 1. The van der Waals surface area contributed by atoms with Gasteiger partial charge in [0.1, 0.15) is 0 Å². The Morgan fingerprint density at radius 3 is 2.52 bits per heavy atom. The molecular formula is C18H17ClN2O2. The number of rotatable bonds is 3. The summed E-state index contributed by atoms with van der Waals surface area (Å²) in [4.78, 5) is 16.2. The minimum atomic E-state index is -0.354. The molecule has 3 aromatic rings. The quantitative estimate of drug-likeness (QED) is 0.719. The number of benzene rings is 2. The summed E-state index contributed by atoms with van der Waals surface area (Å²) in [7, 11) is 1.38. The molecule has 0 fully saturated rings. The molecular weight excluding hydrogens is 312 g/mol. The number of para-hydroxylation sites is 1. The topological polar surface area (TPSA) is 51.2 Å². The molecule has 0 aliphatic carbocycles. The maximum absolute atomic E-state index is 11.7. The molecule has 0 amide bonds. The number of carbonyl (C=O) groups excluding carboxylic acids is 1. The van der Waals surface area contributed by atoms with Crippen LogP contribution in [0.1, 0.15) is 16.1 Å². The number of fused-ring (bicyclic) bond motifs is 1. The zero-order chi connectivity index (χ0) is 15.5. The summed E-state index contributed by atoms with van der Waals surface area (Å²) in [5.74, 6) is -0.354. The number of nitrogens with one attached hydrogen (secondary N) is 1. The van der Waals surface area contributed by atoms with E-state index in [4.69, 9.17) is 4.74 Å². The van der Waals surface area contributed by atoms with Crippen LogP contribution in [0.25, 0.3) is 10.9 Å². The van der Waals surface area contributed by atoms with E-state index in [-0.39, 0.29) is 18.4 Å². The van der Waals surface area contributed by atoms with Gasteiger partial charge in [0.05, 0.1) is 18.2 Å². The highest BCUT2D eigenvalue weighted by Gasteiger charge is 2.10. The predicted molar refractivity (Wildman–Crippen MR) is 94.8 cm³/mol.